The van der Waals surface area contributed by atoms with E-state index in [-0.39, 0.29) is 107 Å². The quantitative estimate of drug-likeness (QED) is 0.0807. The summed E-state index contributed by atoms with van der Waals surface area (Å²) < 4.78 is 129. The molecule has 7 aromatic carbocycles. The van der Waals surface area contributed by atoms with Gasteiger partial charge in [0.15, 0.2) is 17.2 Å². The molecule has 3 aliphatic heterocycles. The number of methoxy groups -OCH3 is 2. The minimum absolute atomic E-state index is 0.00379. The monoisotopic (exact) mass is 1450 g/mol. The molecule has 30 heteroatoms. The Morgan fingerprint density at radius 2 is 0.899 bits per heavy atom. The van der Waals surface area contributed by atoms with Crippen molar-refractivity contribution in [3.63, 3.8) is 0 Å². The van der Waals surface area contributed by atoms with E-state index in [9.17, 15) is 53.5 Å². The van der Waals surface area contributed by atoms with E-state index >= 15 is 0 Å². The number of carbonyl (C=O) groups excluding carboxylic acids is 3. The number of carbonyl (C=O) groups is 3. The lowest BCUT2D eigenvalue weighted by atomic mass is 10.0. The first kappa shape index (κ1) is 70.2. The molecule has 2 N–H and O–H groups in total. The number of halogens is 4. The number of aromatic nitrogens is 3. The Hall–Kier alpha value is -10.1. The van der Waals surface area contributed by atoms with Gasteiger partial charge in [-0.2, -0.15) is 0 Å². The molecule has 0 radical (unpaired) electrons. The third kappa shape index (κ3) is 14.2. The number of fused-ring (bicyclic) bond motifs is 6. The first-order valence-electron chi connectivity index (χ1n) is 30.1. The molecule has 3 aromatic heterocycles. The number of amides is 3. The number of phenols is 1. The van der Waals surface area contributed by atoms with Crippen LogP contribution in [0.4, 0.5) is 25.8 Å². The minimum Gasteiger partial charge on any atom is -0.505 e. The number of phenolic OH excluding ortho intramolecular Hbond substituents is 1. The van der Waals surface area contributed by atoms with E-state index in [1.165, 1.54) is 65.7 Å². The summed E-state index contributed by atoms with van der Waals surface area (Å²) in [4.78, 5) is 55.4. The lowest BCUT2D eigenvalue weighted by Gasteiger charge is -2.23. The van der Waals surface area contributed by atoms with Gasteiger partial charge in [-0.1, -0.05) is 59.6 Å². The van der Waals surface area contributed by atoms with Crippen molar-refractivity contribution >= 4 is 121 Å². The molecule has 3 amide bonds. The predicted octanol–water partition coefficient (Wildman–Crippen LogP) is 10.9. The average molecular weight is 1450 g/mol. The molecule has 0 bridgehead atoms. The first-order valence-corrected chi connectivity index (χ1v) is 36.4. The van der Waals surface area contributed by atoms with Crippen LogP contribution in [0.15, 0.2) is 140 Å². The van der Waals surface area contributed by atoms with Crippen molar-refractivity contribution in [2.45, 2.75) is 45.9 Å². The Labute approximate surface area is 578 Å². The molecule has 0 fully saturated rings. The van der Waals surface area contributed by atoms with E-state index in [4.69, 9.17) is 42.1 Å². The van der Waals surface area contributed by atoms with Gasteiger partial charge in [-0.3, -0.25) is 42.3 Å². The summed E-state index contributed by atoms with van der Waals surface area (Å²) in [7, 11) is -3.46. The SMILES string of the molecule is CN(c1c2c(c(O)c3ncccc13)C(=O)N(Cc1ccc(Cl)cc1F)C2)S(C)(=O)=O.COc1ccc(COc2c3c(c(N(C)S(C)(=O)=O)c4cccnc24)CN(Cc2ccc(Cl)cc2F)C3=O)cc1.COc1ccc(COc2c3c(c(N(C)S(C)(=O)=O)c4cccnc24)CNC3=O)cc1. The maximum absolute atomic E-state index is 14.6. The lowest BCUT2D eigenvalue weighted by Crippen LogP contribution is -2.26. The van der Waals surface area contributed by atoms with Crippen LogP contribution >= 0.6 is 23.2 Å². The molecule has 6 heterocycles. The van der Waals surface area contributed by atoms with Crippen LogP contribution in [0.1, 0.15) is 70.0 Å². The number of aromatic hydroxyl groups is 1. The van der Waals surface area contributed by atoms with Crippen molar-refractivity contribution < 1.29 is 72.5 Å². The molecule has 0 unspecified atom stereocenters. The van der Waals surface area contributed by atoms with Crippen LogP contribution in [0.2, 0.25) is 10.0 Å². The van der Waals surface area contributed by atoms with Crippen molar-refractivity contribution in [3.8, 4) is 28.7 Å². The van der Waals surface area contributed by atoms with Crippen LogP contribution in [0, 0.1) is 11.6 Å². The van der Waals surface area contributed by atoms with Gasteiger partial charge in [-0.25, -0.2) is 34.0 Å². The van der Waals surface area contributed by atoms with E-state index in [2.05, 4.69) is 20.3 Å². The fraction of sp³-hybridized carbons (Fsp3) is 0.217. The van der Waals surface area contributed by atoms with E-state index < -0.39 is 53.5 Å². The molecule has 23 nitrogen and oxygen atoms in total. The van der Waals surface area contributed by atoms with Crippen molar-refractivity contribution in [1.29, 1.82) is 0 Å². The topological polar surface area (TPSA) is 278 Å². The van der Waals surface area contributed by atoms with Crippen molar-refractivity contribution in [3.05, 3.63) is 217 Å². The van der Waals surface area contributed by atoms with Gasteiger partial charge in [0, 0.05) is 126 Å². The third-order valence-electron chi connectivity index (χ3n) is 16.9. The molecule has 0 aliphatic carbocycles. The summed E-state index contributed by atoms with van der Waals surface area (Å²) in [6.45, 7) is 0.507. The van der Waals surface area contributed by atoms with Crippen LogP contribution in [-0.4, -0.2) is 127 Å². The lowest BCUT2D eigenvalue weighted by molar-refractivity contribution is 0.0755. The molecule has 10 aromatic rings. The molecule has 13 rings (SSSR count). The highest BCUT2D eigenvalue weighted by atomic mass is 35.5. The van der Waals surface area contributed by atoms with Crippen LogP contribution in [0.25, 0.3) is 32.7 Å². The standard InChI is InChI=1S/C28H25ClFN3O5S.C21H21N3O5S.C20H17ClFN3O4S/c1-32(39(3,35)36)26-21-5-4-12-31-25(21)27(38-16-17-6-10-20(37-2)11-7-17)24-22(26)15-33(28(24)34)14-18-8-9-19(29)13-23(18)30;1-24(30(3,26)27)19-15-5-4-10-22-18(15)20(17-16(19)11-23-21(17)25)29-12-13-6-8-14(28-2)9-7-13;1-24(30(2,28)29)18-13-4-3-7-23-17(13)19(26)16-14(18)10-25(20(16)27)9-11-5-6-12(21)8-15(11)22/h4-13H,14-16H2,1-3H3;4-10H,11-12H2,1-3H3,(H,23,25);3-8,26H,9-10H2,1-2H3. The molecule has 0 saturated heterocycles. The van der Waals surface area contributed by atoms with Crippen molar-refractivity contribution in [2.24, 2.45) is 0 Å². The van der Waals surface area contributed by atoms with Crippen molar-refractivity contribution in [2.75, 3.05) is 67.0 Å². The van der Waals surface area contributed by atoms with Gasteiger partial charge in [0.05, 0.1) is 66.7 Å². The van der Waals surface area contributed by atoms with Crippen LogP contribution in [-0.2, 0) is 76.0 Å². The normalized spacial score (nSPS) is 13.3. The minimum atomic E-state index is -3.70. The highest BCUT2D eigenvalue weighted by molar-refractivity contribution is 7.92. The Morgan fingerprint density at radius 1 is 0.525 bits per heavy atom. The van der Waals surface area contributed by atoms with E-state index in [1.54, 1.807) is 81.2 Å². The number of hydrogen-bond acceptors (Lipinski definition) is 17. The second-order valence-electron chi connectivity index (χ2n) is 23.3. The molecule has 0 atom stereocenters. The van der Waals surface area contributed by atoms with Gasteiger partial charge in [-0.05, 0) is 96.1 Å². The molecule has 0 spiro atoms. The highest BCUT2D eigenvalue weighted by Gasteiger charge is 2.40. The number of sulfonamides is 3. The summed E-state index contributed by atoms with van der Waals surface area (Å²) in [5, 5.41) is 15.5. The predicted molar refractivity (Wildman–Crippen MR) is 372 cm³/mol. The maximum Gasteiger partial charge on any atom is 0.258 e. The number of rotatable bonds is 18. The zero-order valence-corrected chi connectivity index (χ0v) is 58.3. The molecule has 99 heavy (non-hydrogen) atoms. The van der Waals surface area contributed by atoms with Crippen molar-refractivity contribution in [1.82, 2.24) is 30.1 Å². The van der Waals surface area contributed by atoms with E-state index in [1.807, 2.05) is 36.4 Å². The summed E-state index contributed by atoms with van der Waals surface area (Å²) in [6, 6.07) is 33.3. The summed E-state index contributed by atoms with van der Waals surface area (Å²) >= 11 is 11.7. The van der Waals surface area contributed by atoms with E-state index in [0.717, 1.165) is 50.3 Å². The fourth-order valence-corrected chi connectivity index (χ4v) is 13.7. The van der Waals surface area contributed by atoms with Gasteiger partial charge in [0.2, 0.25) is 30.1 Å². The van der Waals surface area contributed by atoms with Gasteiger partial charge < -0.3 is 39.2 Å². The second-order valence-corrected chi connectivity index (χ2v) is 30.2. The summed E-state index contributed by atoms with van der Waals surface area (Å²) in [5.41, 5.74) is 6.09. The second kappa shape index (κ2) is 28.0. The van der Waals surface area contributed by atoms with E-state index in [0.29, 0.717) is 72.3 Å². The molecule has 514 valence electrons. The Balaban J connectivity index is 0.000000152. The van der Waals surface area contributed by atoms with Gasteiger partial charge >= 0.3 is 0 Å². The Kier molecular flexibility index (Phi) is 19.9. The number of nitrogens with zero attached hydrogens (tertiary/aromatic N) is 8. The largest absolute Gasteiger partial charge is 0.505 e. The number of benzene rings is 7. The molecular weight excluding hydrogens is 1380 g/mol. The first-order chi connectivity index (χ1) is 47.0. The Morgan fingerprint density at radius 3 is 1.30 bits per heavy atom. The van der Waals surface area contributed by atoms with Crippen LogP contribution in [0.5, 0.6) is 28.7 Å². The Bertz CT molecular complexity index is 5280. The summed E-state index contributed by atoms with van der Waals surface area (Å²) in [5.74, 6) is -0.672. The number of anilines is 3. The molecular formula is C69H63Cl2F2N9O14S3. The summed E-state index contributed by atoms with van der Waals surface area (Å²) in [6.07, 6.45) is 7.85. The smallest absolute Gasteiger partial charge is 0.258 e. The van der Waals surface area contributed by atoms with Gasteiger partial charge in [-0.15, -0.1) is 0 Å². The molecule has 3 aliphatic rings. The van der Waals surface area contributed by atoms with Gasteiger partial charge in [0.25, 0.3) is 17.7 Å². The average Bonchev–Trinajstić information content (AvgIpc) is 1.68. The third-order valence-corrected chi connectivity index (χ3v) is 20.9. The molecule has 0 saturated carbocycles. The van der Waals surface area contributed by atoms with Crippen LogP contribution < -0.4 is 37.2 Å². The van der Waals surface area contributed by atoms with Crippen LogP contribution in [0.3, 0.4) is 0 Å². The number of hydrogen-bond donors (Lipinski definition) is 2. The fourth-order valence-electron chi connectivity index (χ4n) is 11.8. The number of pyridine rings is 3. The maximum atomic E-state index is 14.6. The zero-order valence-electron chi connectivity index (χ0n) is 54.3. The zero-order chi connectivity index (χ0) is 71.2. The van der Waals surface area contributed by atoms with Gasteiger partial charge in [0.1, 0.15) is 52.9 Å². The number of nitrogens with one attached hydrogen (secondary N) is 1. The highest BCUT2D eigenvalue weighted by Crippen LogP contribution is 2.48. The number of ether oxygens (including phenoxy) is 4.